The average molecular weight is 382 g/mol. The lowest BCUT2D eigenvalue weighted by atomic mass is 10.0. The number of carbonyl (C=O) groups is 1. The molecule has 1 fully saturated rings. The summed E-state index contributed by atoms with van der Waals surface area (Å²) in [5.41, 5.74) is -3.00. The van der Waals surface area contributed by atoms with Crippen molar-refractivity contribution in [1.82, 2.24) is 10.2 Å². The van der Waals surface area contributed by atoms with Gasteiger partial charge < -0.3 is 15.0 Å². The summed E-state index contributed by atoms with van der Waals surface area (Å²) in [5.74, 6) is 0. The fourth-order valence-electron chi connectivity index (χ4n) is 2.30. The number of halogens is 6. The lowest BCUT2D eigenvalue weighted by molar-refractivity contribution is -0.143. The van der Waals surface area contributed by atoms with E-state index in [4.69, 9.17) is 4.74 Å². The van der Waals surface area contributed by atoms with Crippen molar-refractivity contribution in [2.24, 2.45) is 0 Å². The van der Waals surface area contributed by atoms with Crippen LogP contribution in [-0.2, 0) is 23.7 Å². The minimum absolute atomic E-state index is 0.0680. The van der Waals surface area contributed by atoms with Crippen LogP contribution in [0.3, 0.4) is 0 Å². The topological polar surface area (TPSA) is 41.6 Å². The molecule has 0 spiro atoms. The Morgan fingerprint density at radius 3 is 2.15 bits per heavy atom. The molecule has 0 aromatic heterocycles. The summed E-state index contributed by atoms with van der Waals surface area (Å²) >= 11 is 0. The van der Waals surface area contributed by atoms with Crippen LogP contribution in [0.5, 0.6) is 0 Å². The van der Waals surface area contributed by atoms with Gasteiger partial charge in [0.25, 0.3) is 0 Å². The van der Waals surface area contributed by atoms with E-state index in [0.717, 1.165) is 0 Å². The highest BCUT2D eigenvalue weighted by Crippen LogP contribution is 2.36. The highest BCUT2D eigenvalue weighted by Gasteiger charge is 2.37. The van der Waals surface area contributed by atoms with E-state index in [1.807, 2.05) is 0 Å². The molecule has 26 heavy (non-hydrogen) atoms. The number of rotatable bonds is 5. The summed E-state index contributed by atoms with van der Waals surface area (Å²) in [6, 6.07) is 0.979. The maximum Gasteiger partial charge on any atom is 0.416 e. The highest BCUT2D eigenvalue weighted by atomic mass is 19.4. The molecule has 2 rings (SSSR count). The zero-order chi connectivity index (χ0) is 19.5. The lowest BCUT2D eigenvalue weighted by Crippen LogP contribution is -2.57. The first-order chi connectivity index (χ1) is 12.0. The number of nitrogens with one attached hydrogen (secondary N) is 1. The predicted molar refractivity (Wildman–Crippen MR) is 80.2 cm³/mol. The van der Waals surface area contributed by atoms with Gasteiger partial charge in [0.1, 0.15) is 0 Å². The van der Waals surface area contributed by atoms with Gasteiger partial charge in [-0.1, -0.05) is 6.08 Å². The van der Waals surface area contributed by atoms with Crippen molar-refractivity contribution in [3.05, 3.63) is 47.5 Å². The molecule has 10 heteroatoms. The zero-order valence-corrected chi connectivity index (χ0v) is 13.5. The predicted octanol–water partition coefficient (Wildman–Crippen LogP) is 3.82. The third kappa shape index (κ3) is 5.13. The van der Waals surface area contributed by atoms with Crippen molar-refractivity contribution in [3.63, 3.8) is 0 Å². The van der Waals surface area contributed by atoms with Crippen molar-refractivity contribution in [2.45, 2.75) is 25.1 Å². The van der Waals surface area contributed by atoms with Gasteiger partial charge in [0.05, 0.1) is 36.9 Å². The SMILES string of the molecule is C=CCNC(=O)N1CC(OCc2cc(C(F)(F)F)cc(C(F)(F)F)c2)C1. The van der Waals surface area contributed by atoms with Crippen LogP contribution in [0.15, 0.2) is 30.9 Å². The lowest BCUT2D eigenvalue weighted by Gasteiger charge is -2.38. The Kier molecular flexibility index (Phi) is 5.84. The molecule has 144 valence electrons. The average Bonchev–Trinajstić information content (AvgIpc) is 2.49. The van der Waals surface area contributed by atoms with Crippen molar-refractivity contribution < 1.29 is 35.9 Å². The molecule has 0 bridgehead atoms. The monoisotopic (exact) mass is 382 g/mol. The molecule has 1 aliphatic heterocycles. The zero-order valence-electron chi connectivity index (χ0n) is 13.5. The molecule has 2 amide bonds. The van der Waals surface area contributed by atoms with E-state index in [1.165, 1.54) is 11.0 Å². The normalized spacial score (nSPS) is 15.5. The van der Waals surface area contributed by atoms with Crippen LogP contribution in [0, 0.1) is 0 Å². The number of ether oxygens (including phenoxy) is 1. The Morgan fingerprint density at radius 2 is 1.69 bits per heavy atom. The minimum atomic E-state index is -4.90. The van der Waals surface area contributed by atoms with Gasteiger partial charge in [0.2, 0.25) is 0 Å². The van der Waals surface area contributed by atoms with E-state index in [2.05, 4.69) is 11.9 Å². The Labute approximate surface area is 145 Å². The van der Waals surface area contributed by atoms with Crippen molar-refractivity contribution in [1.29, 1.82) is 0 Å². The molecule has 1 aliphatic rings. The van der Waals surface area contributed by atoms with Crippen LogP contribution in [0.1, 0.15) is 16.7 Å². The number of benzene rings is 1. The second kappa shape index (κ2) is 7.56. The van der Waals surface area contributed by atoms with Gasteiger partial charge in [-0.2, -0.15) is 26.3 Å². The van der Waals surface area contributed by atoms with E-state index in [-0.39, 0.29) is 37.3 Å². The van der Waals surface area contributed by atoms with Crippen LogP contribution in [0.2, 0.25) is 0 Å². The third-order valence-electron chi connectivity index (χ3n) is 3.67. The Hall–Kier alpha value is -2.23. The van der Waals surface area contributed by atoms with Gasteiger partial charge >= 0.3 is 18.4 Å². The van der Waals surface area contributed by atoms with Crippen LogP contribution in [-0.4, -0.2) is 36.7 Å². The molecule has 0 aliphatic carbocycles. The fourth-order valence-corrected chi connectivity index (χ4v) is 2.30. The molecule has 0 radical (unpaired) electrons. The third-order valence-corrected chi connectivity index (χ3v) is 3.67. The minimum Gasteiger partial charge on any atom is -0.370 e. The van der Waals surface area contributed by atoms with Gasteiger partial charge in [-0.25, -0.2) is 4.79 Å². The number of amides is 2. The molecule has 1 aromatic carbocycles. The number of carbonyl (C=O) groups excluding carboxylic acids is 1. The van der Waals surface area contributed by atoms with Gasteiger partial charge in [-0.15, -0.1) is 6.58 Å². The number of nitrogens with zero attached hydrogens (tertiary/aromatic N) is 1. The highest BCUT2D eigenvalue weighted by molar-refractivity contribution is 5.75. The van der Waals surface area contributed by atoms with E-state index in [9.17, 15) is 31.1 Å². The standard InChI is InChI=1S/C16H16F6N2O2/c1-2-3-23-14(25)24-7-13(8-24)26-9-10-4-11(15(17,18)19)6-12(5-10)16(20,21)22/h2,4-6,13H,1,3,7-9H2,(H,23,25). The van der Waals surface area contributed by atoms with Gasteiger partial charge in [-0.3, -0.25) is 0 Å². The first-order valence-electron chi connectivity index (χ1n) is 7.54. The summed E-state index contributed by atoms with van der Waals surface area (Å²) in [7, 11) is 0. The van der Waals surface area contributed by atoms with Crippen LogP contribution in [0.4, 0.5) is 31.1 Å². The molecule has 0 unspecified atom stereocenters. The molecule has 4 nitrogen and oxygen atoms in total. The summed E-state index contributed by atoms with van der Waals surface area (Å²) in [6.07, 6.45) is -8.75. The smallest absolute Gasteiger partial charge is 0.370 e. The van der Waals surface area contributed by atoms with E-state index in [0.29, 0.717) is 12.1 Å². The van der Waals surface area contributed by atoms with E-state index < -0.39 is 36.2 Å². The molecular formula is C16H16F6N2O2. The van der Waals surface area contributed by atoms with Gasteiger partial charge in [0, 0.05) is 6.54 Å². The van der Waals surface area contributed by atoms with Crippen molar-refractivity contribution in [2.75, 3.05) is 19.6 Å². The number of hydrogen-bond acceptors (Lipinski definition) is 2. The maximum absolute atomic E-state index is 12.8. The number of likely N-dealkylation sites (tertiary alicyclic amines) is 1. The largest absolute Gasteiger partial charge is 0.416 e. The van der Waals surface area contributed by atoms with Crippen molar-refractivity contribution in [3.8, 4) is 0 Å². The molecule has 1 saturated heterocycles. The summed E-state index contributed by atoms with van der Waals surface area (Å²) < 4.78 is 82.0. The first-order valence-corrected chi connectivity index (χ1v) is 7.54. The molecular weight excluding hydrogens is 366 g/mol. The van der Waals surface area contributed by atoms with E-state index >= 15 is 0 Å². The quantitative estimate of drug-likeness (QED) is 0.622. The molecule has 1 N–H and O–H groups in total. The summed E-state index contributed by atoms with van der Waals surface area (Å²) in [4.78, 5) is 13.0. The van der Waals surface area contributed by atoms with Crippen molar-refractivity contribution >= 4 is 6.03 Å². The van der Waals surface area contributed by atoms with Crippen LogP contribution in [0.25, 0.3) is 0 Å². The molecule has 0 atom stereocenters. The fraction of sp³-hybridized carbons (Fsp3) is 0.438. The van der Waals surface area contributed by atoms with E-state index in [1.54, 1.807) is 0 Å². The molecule has 1 heterocycles. The second-order valence-corrected chi connectivity index (χ2v) is 5.73. The molecule has 0 saturated carbocycles. The van der Waals surface area contributed by atoms with Crippen LogP contribution < -0.4 is 5.32 Å². The Balaban J connectivity index is 1.98. The second-order valence-electron chi connectivity index (χ2n) is 5.73. The first kappa shape index (κ1) is 20.1. The number of alkyl halides is 6. The summed E-state index contributed by atoms with van der Waals surface area (Å²) in [5, 5.41) is 2.54. The number of urea groups is 1. The molecule has 1 aromatic rings. The summed E-state index contributed by atoms with van der Waals surface area (Å²) in [6.45, 7) is 3.72. The Morgan fingerprint density at radius 1 is 1.15 bits per heavy atom. The maximum atomic E-state index is 12.8. The Bertz CT molecular complexity index is 633. The van der Waals surface area contributed by atoms with Gasteiger partial charge in [0.15, 0.2) is 0 Å². The van der Waals surface area contributed by atoms with Crippen LogP contribution >= 0.6 is 0 Å². The number of hydrogen-bond donors (Lipinski definition) is 1. The van der Waals surface area contributed by atoms with Gasteiger partial charge in [-0.05, 0) is 23.8 Å².